The SMILES string of the molecule is CNC(c1ncc(C)cn1)c1cnc(C(F)(F)F)s1. The lowest BCUT2D eigenvalue weighted by Crippen LogP contribution is -2.19. The molecule has 1 N–H and O–H groups in total. The first-order valence-corrected chi connectivity index (χ1v) is 6.22. The van der Waals surface area contributed by atoms with Gasteiger partial charge in [0.05, 0.1) is 0 Å². The van der Waals surface area contributed by atoms with Crippen LogP contribution in [0.25, 0.3) is 0 Å². The molecule has 0 aromatic carbocycles. The number of halogens is 3. The minimum atomic E-state index is -4.42. The standard InChI is InChI=1S/C11H11F3N4S/c1-6-3-16-9(17-4-6)8(15-2)7-5-18-10(19-7)11(12,13)14/h3-5,8,15H,1-2H3. The molecule has 0 bridgehead atoms. The third kappa shape index (κ3) is 3.07. The second kappa shape index (κ2) is 5.22. The zero-order valence-corrected chi connectivity index (χ0v) is 11.0. The molecule has 0 fully saturated rings. The van der Waals surface area contributed by atoms with Crippen molar-refractivity contribution in [3.05, 3.63) is 39.9 Å². The molecule has 0 saturated heterocycles. The van der Waals surface area contributed by atoms with E-state index < -0.39 is 17.2 Å². The Labute approximate surface area is 111 Å². The molecule has 2 heterocycles. The summed E-state index contributed by atoms with van der Waals surface area (Å²) in [6.45, 7) is 1.84. The summed E-state index contributed by atoms with van der Waals surface area (Å²) < 4.78 is 37.6. The Morgan fingerprint density at radius 1 is 1.16 bits per heavy atom. The van der Waals surface area contributed by atoms with E-state index in [1.807, 2.05) is 6.92 Å². The smallest absolute Gasteiger partial charge is 0.306 e. The Bertz CT molecular complexity index is 550. The maximum Gasteiger partial charge on any atom is 0.443 e. The Morgan fingerprint density at radius 2 is 1.79 bits per heavy atom. The fraction of sp³-hybridized carbons (Fsp3) is 0.364. The summed E-state index contributed by atoms with van der Waals surface area (Å²) in [5, 5.41) is 2.03. The quantitative estimate of drug-likeness (QED) is 0.943. The lowest BCUT2D eigenvalue weighted by Gasteiger charge is -2.12. The van der Waals surface area contributed by atoms with Gasteiger partial charge in [0.2, 0.25) is 0 Å². The van der Waals surface area contributed by atoms with Gasteiger partial charge in [-0.05, 0) is 19.5 Å². The molecule has 8 heteroatoms. The molecule has 19 heavy (non-hydrogen) atoms. The van der Waals surface area contributed by atoms with E-state index in [0.29, 0.717) is 22.0 Å². The summed E-state index contributed by atoms with van der Waals surface area (Å²) in [5.74, 6) is 0.422. The van der Waals surface area contributed by atoms with Crippen LogP contribution in [0.2, 0.25) is 0 Å². The van der Waals surface area contributed by atoms with Crippen molar-refractivity contribution in [1.82, 2.24) is 20.3 Å². The van der Waals surface area contributed by atoms with Gasteiger partial charge in [-0.2, -0.15) is 13.2 Å². The number of hydrogen-bond acceptors (Lipinski definition) is 5. The molecular weight excluding hydrogens is 277 g/mol. The molecule has 0 spiro atoms. The van der Waals surface area contributed by atoms with E-state index in [1.54, 1.807) is 19.4 Å². The van der Waals surface area contributed by atoms with Gasteiger partial charge in [0.15, 0.2) is 10.8 Å². The first kappa shape index (κ1) is 13.9. The van der Waals surface area contributed by atoms with Crippen molar-refractivity contribution < 1.29 is 13.2 Å². The van der Waals surface area contributed by atoms with Crippen molar-refractivity contribution >= 4 is 11.3 Å². The molecule has 2 rings (SSSR count). The van der Waals surface area contributed by atoms with Crippen molar-refractivity contribution in [2.24, 2.45) is 0 Å². The van der Waals surface area contributed by atoms with Gasteiger partial charge in [0.1, 0.15) is 6.04 Å². The van der Waals surface area contributed by atoms with Crippen LogP contribution in [0.3, 0.4) is 0 Å². The van der Waals surface area contributed by atoms with Crippen LogP contribution in [0.4, 0.5) is 13.2 Å². The summed E-state index contributed by atoms with van der Waals surface area (Å²) in [7, 11) is 1.64. The van der Waals surface area contributed by atoms with Gasteiger partial charge in [-0.25, -0.2) is 15.0 Å². The molecule has 2 aromatic rings. The van der Waals surface area contributed by atoms with Crippen LogP contribution < -0.4 is 5.32 Å². The van der Waals surface area contributed by atoms with Crippen molar-refractivity contribution in [2.45, 2.75) is 19.1 Å². The van der Waals surface area contributed by atoms with Crippen LogP contribution in [0, 0.1) is 6.92 Å². The highest BCUT2D eigenvalue weighted by atomic mass is 32.1. The summed E-state index contributed by atoms with van der Waals surface area (Å²) in [6.07, 6.45) is 0.0317. The zero-order chi connectivity index (χ0) is 14.0. The Hall–Kier alpha value is -1.54. The van der Waals surface area contributed by atoms with Gasteiger partial charge in [-0.1, -0.05) is 0 Å². The Balaban J connectivity index is 2.32. The molecule has 0 saturated carbocycles. The zero-order valence-electron chi connectivity index (χ0n) is 10.2. The molecular formula is C11H11F3N4S. The van der Waals surface area contributed by atoms with Crippen LogP contribution >= 0.6 is 11.3 Å². The molecule has 0 aliphatic rings. The van der Waals surface area contributed by atoms with Gasteiger partial charge in [0, 0.05) is 23.5 Å². The third-order valence-electron chi connectivity index (χ3n) is 2.40. The Kier molecular flexibility index (Phi) is 3.81. The van der Waals surface area contributed by atoms with Crippen molar-refractivity contribution in [3.8, 4) is 0 Å². The van der Waals surface area contributed by atoms with Gasteiger partial charge < -0.3 is 5.32 Å². The van der Waals surface area contributed by atoms with Gasteiger partial charge >= 0.3 is 6.18 Å². The number of hydrogen-bond donors (Lipinski definition) is 1. The molecule has 2 aromatic heterocycles. The number of rotatable bonds is 3. The van der Waals surface area contributed by atoms with E-state index in [2.05, 4.69) is 20.3 Å². The van der Waals surface area contributed by atoms with Crippen LogP contribution in [0.15, 0.2) is 18.6 Å². The molecule has 1 unspecified atom stereocenters. The molecule has 102 valence electrons. The van der Waals surface area contributed by atoms with Crippen LogP contribution in [0.1, 0.15) is 27.3 Å². The minimum Gasteiger partial charge on any atom is -0.306 e. The van der Waals surface area contributed by atoms with Gasteiger partial charge in [0.25, 0.3) is 0 Å². The number of nitrogens with one attached hydrogen (secondary N) is 1. The highest BCUT2D eigenvalue weighted by Crippen LogP contribution is 2.35. The lowest BCUT2D eigenvalue weighted by molar-refractivity contribution is -0.137. The number of thiazole rings is 1. The molecule has 0 aliphatic heterocycles. The molecule has 0 radical (unpaired) electrons. The maximum atomic E-state index is 12.5. The Morgan fingerprint density at radius 3 is 2.26 bits per heavy atom. The number of alkyl halides is 3. The normalized spacial score (nSPS) is 13.5. The molecule has 0 amide bonds. The summed E-state index contributed by atoms with van der Waals surface area (Å²) in [5.41, 5.74) is 0.888. The lowest BCUT2D eigenvalue weighted by atomic mass is 10.2. The number of aryl methyl sites for hydroxylation is 1. The first-order valence-electron chi connectivity index (χ1n) is 5.40. The van der Waals surface area contributed by atoms with Gasteiger partial charge in [-0.15, -0.1) is 11.3 Å². The van der Waals surface area contributed by atoms with Crippen LogP contribution in [0.5, 0.6) is 0 Å². The number of aromatic nitrogens is 3. The average molecular weight is 288 g/mol. The highest BCUT2D eigenvalue weighted by molar-refractivity contribution is 7.11. The summed E-state index contributed by atoms with van der Waals surface area (Å²) >= 11 is 0.593. The summed E-state index contributed by atoms with van der Waals surface area (Å²) in [6, 6.07) is -0.491. The van der Waals surface area contributed by atoms with Crippen LogP contribution in [-0.4, -0.2) is 22.0 Å². The average Bonchev–Trinajstić information content (AvgIpc) is 2.82. The van der Waals surface area contributed by atoms with E-state index in [-0.39, 0.29) is 0 Å². The van der Waals surface area contributed by atoms with E-state index in [1.165, 1.54) is 6.20 Å². The maximum absolute atomic E-state index is 12.5. The van der Waals surface area contributed by atoms with E-state index in [4.69, 9.17) is 0 Å². The fourth-order valence-corrected chi connectivity index (χ4v) is 2.39. The minimum absolute atomic E-state index is 0.422. The van der Waals surface area contributed by atoms with E-state index >= 15 is 0 Å². The largest absolute Gasteiger partial charge is 0.443 e. The van der Waals surface area contributed by atoms with Crippen molar-refractivity contribution in [1.29, 1.82) is 0 Å². The summed E-state index contributed by atoms with van der Waals surface area (Å²) in [4.78, 5) is 12.1. The third-order valence-corrected chi connectivity index (χ3v) is 3.51. The molecule has 1 atom stereocenters. The van der Waals surface area contributed by atoms with Gasteiger partial charge in [-0.3, -0.25) is 0 Å². The molecule has 0 aliphatic carbocycles. The van der Waals surface area contributed by atoms with Crippen molar-refractivity contribution in [2.75, 3.05) is 7.05 Å². The van der Waals surface area contributed by atoms with Crippen LogP contribution in [-0.2, 0) is 6.18 Å². The second-order valence-electron chi connectivity index (χ2n) is 3.91. The fourth-order valence-electron chi connectivity index (χ4n) is 1.50. The predicted octanol–water partition coefficient (Wildman–Crippen LogP) is 2.57. The van der Waals surface area contributed by atoms with E-state index in [9.17, 15) is 13.2 Å². The second-order valence-corrected chi connectivity index (χ2v) is 4.97. The first-order chi connectivity index (χ1) is 8.91. The molecule has 4 nitrogen and oxygen atoms in total. The topological polar surface area (TPSA) is 50.7 Å². The van der Waals surface area contributed by atoms with Crippen molar-refractivity contribution in [3.63, 3.8) is 0 Å². The highest BCUT2D eigenvalue weighted by Gasteiger charge is 2.35. The van der Waals surface area contributed by atoms with E-state index in [0.717, 1.165) is 5.56 Å². The predicted molar refractivity (Wildman–Crippen MR) is 64.8 cm³/mol. The monoisotopic (exact) mass is 288 g/mol. The number of nitrogens with zero attached hydrogens (tertiary/aromatic N) is 3.